The maximum Gasteiger partial charge on any atom is 0.208 e. The fraction of sp³-hybridized carbons (Fsp3) is 0.333. The highest BCUT2D eigenvalue weighted by Gasteiger charge is 2.16. The SMILES string of the molecule is CCS(=O)(=O)c1ccoc1N. The molecule has 1 heterocycles. The molecule has 1 aromatic heterocycles. The van der Waals surface area contributed by atoms with Gasteiger partial charge in [0, 0.05) is 0 Å². The highest BCUT2D eigenvalue weighted by Crippen LogP contribution is 2.19. The molecule has 0 aliphatic heterocycles. The van der Waals surface area contributed by atoms with Crippen LogP contribution in [-0.2, 0) is 9.84 Å². The van der Waals surface area contributed by atoms with Crippen molar-refractivity contribution in [3.05, 3.63) is 12.3 Å². The Kier molecular flexibility index (Phi) is 1.90. The minimum Gasteiger partial charge on any atom is -0.448 e. The van der Waals surface area contributed by atoms with E-state index in [1.807, 2.05) is 0 Å². The molecule has 0 aliphatic rings. The second-order valence-corrected chi connectivity index (χ2v) is 4.30. The molecule has 1 aromatic rings. The van der Waals surface area contributed by atoms with Crippen LogP contribution in [0.15, 0.2) is 21.6 Å². The van der Waals surface area contributed by atoms with Crippen LogP contribution in [0.25, 0.3) is 0 Å². The van der Waals surface area contributed by atoms with Gasteiger partial charge >= 0.3 is 0 Å². The Hall–Kier alpha value is -0.970. The molecule has 5 heteroatoms. The van der Waals surface area contributed by atoms with Crippen LogP contribution >= 0.6 is 0 Å². The van der Waals surface area contributed by atoms with E-state index in [4.69, 9.17) is 5.73 Å². The van der Waals surface area contributed by atoms with Gasteiger partial charge in [0.1, 0.15) is 4.90 Å². The zero-order valence-electron chi connectivity index (χ0n) is 6.07. The minimum atomic E-state index is -3.20. The van der Waals surface area contributed by atoms with Gasteiger partial charge in [-0.1, -0.05) is 6.92 Å². The van der Waals surface area contributed by atoms with Crippen molar-refractivity contribution in [1.29, 1.82) is 0 Å². The van der Waals surface area contributed by atoms with Crippen LogP contribution in [0, 0.1) is 0 Å². The number of nitrogens with two attached hydrogens (primary N) is 1. The summed E-state index contributed by atoms with van der Waals surface area (Å²) in [5.74, 6) is 0.00310. The predicted molar refractivity (Wildman–Crippen MR) is 40.8 cm³/mol. The molecule has 0 spiro atoms. The van der Waals surface area contributed by atoms with Crippen LogP contribution in [0.1, 0.15) is 6.92 Å². The topological polar surface area (TPSA) is 73.3 Å². The number of anilines is 1. The van der Waals surface area contributed by atoms with Gasteiger partial charge in [0.15, 0.2) is 9.84 Å². The van der Waals surface area contributed by atoms with E-state index in [0.29, 0.717) is 0 Å². The summed E-state index contributed by atoms with van der Waals surface area (Å²) in [6.45, 7) is 1.56. The lowest BCUT2D eigenvalue weighted by molar-refractivity contribution is 0.576. The molecule has 4 nitrogen and oxygen atoms in total. The van der Waals surface area contributed by atoms with E-state index in [1.54, 1.807) is 6.92 Å². The molecule has 62 valence electrons. The van der Waals surface area contributed by atoms with E-state index in [0.717, 1.165) is 0 Å². The quantitative estimate of drug-likeness (QED) is 0.716. The van der Waals surface area contributed by atoms with E-state index in [-0.39, 0.29) is 16.5 Å². The number of sulfone groups is 1. The van der Waals surface area contributed by atoms with Crippen molar-refractivity contribution in [2.45, 2.75) is 11.8 Å². The Morgan fingerprint density at radius 2 is 2.27 bits per heavy atom. The van der Waals surface area contributed by atoms with Gasteiger partial charge in [-0.05, 0) is 6.07 Å². The van der Waals surface area contributed by atoms with Gasteiger partial charge < -0.3 is 10.2 Å². The van der Waals surface area contributed by atoms with Crippen molar-refractivity contribution < 1.29 is 12.8 Å². The average Bonchev–Trinajstić information content (AvgIpc) is 2.36. The monoisotopic (exact) mass is 175 g/mol. The summed E-state index contributed by atoms with van der Waals surface area (Å²) in [7, 11) is -3.20. The molecule has 11 heavy (non-hydrogen) atoms. The lowest BCUT2D eigenvalue weighted by Crippen LogP contribution is -2.04. The number of hydrogen-bond acceptors (Lipinski definition) is 4. The van der Waals surface area contributed by atoms with Crippen molar-refractivity contribution in [3.8, 4) is 0 Å². The molecule has 0 unspecified atom stereocenters. The molecular formula is C6H9NO3S. The summed E-state index contributed by atoms with van der Waals surface area (Å²) in [6, 6.07) is 1.36. The normalized spacial score (nSPS) is 11.7. The van der Waals surface area contributed by atoms with Crippen LogP contribution in [-0.4, -0.2) is 14.2 Å². The Labute approximate surface area is 64.9 Å². The van der Waals surface area contributed by atoms with Crippen LogP contribution in [0.5, 0.6) is 0 Å². The molecular weight excluding hydrogens is 166 g/mol. The smallest absolute Gasteiger partial charge is 0.208 e. The third kappa shape index (κ3) is 1.37. The highest BCUT2D eigenvalue weighted by atomic mass is 32.2. The molecule has 0 amide bonds. The predicted octanol–water partition coefficient (Wildman–Crippen LogP) is 0.655. The molecule has 0 aromatic carbocycles. The summed E-state index contributed by atoms with van der Waals surface area (Å²) in [5.41, 5.74) is 5.26. The summed E-state index contributed by atoms with van der Waals surface area (Å²) in [6.07, 6.45) is 1.26. The second-order valence-electron chi connectivity index (χ2n) is 2.05. The van der Waals surface area contributed by atoms with E-state index in [9.17, 15) is 8.42 Å². The van der Waals surface area contributed by atoms with Crippen molar-refractivity contribution in [1.82, 2.24) is 0 Å². The van der Waals surface area contributed by atoms with Crippen molar-refractivity contribution >= 4 is 15.7 Å². The second kappa shape index (κ2) is 2.58. The highest BCUT2D eigenvalue weighted by molar-refractivity contribution is 7.91. The molecule has 0 fully saturated rings. The van der Waals surface area contributed by atoms with Gasteiger partial charge in [-0.2, -0.15) is 0 Å². The lowest BCUT2D eigenvalue weighted by Gasteiger charge is -1.95. The molecule has 0 aliphatic carbocycles. The average molecular weight is 175 g/mol. The Morgan fingerprint density at radius 1 is 1.64 bits per heavy atom. The van der Waals surface area contributed by atoms with E-state index in [2.05, 4.69) is 4.42 Å². The molecule has 0 bridgehead atoms. The fourth-order valence-corrected chi connectivity index (χ4v) is 1.65. The molecule has 0 saturated heterocycles. The van der Waals surface area contributed by atoms with Crippen LogP contribution in [0.3, 0.4) is 0 Å². The Bertz CT molecular complexity index is 338. The molecule has 0 saturated carbocycles. The van der Waals surface area contributed by atoms with Gasteiger partial charge in [0.2, 0.25) is 5.88 Å². The maximum atomic E-state index is 11.1. The lowest BCUT2D eigenvalue weighted by atomic mass is 10.6. The van der Waals surface area contributed by atoms with Gasteiger partial charge in [-0.25, -0.2) is 8.42 Å². The van der Waals surface area contributed by atoms with Gasteiger partial charge in [0.05, 0.1) is 12.0 Å². The third-order valence-electron chi connectivity index (χ3n) is 1.37. The molecule has 2 N–H and O–H groups in total. The zero-order chi connectivity index (χ0) is 8.48. The van der Waals surface area contributed by atoms with Crippen molar-refractivity contribution in [3.63, 3.8) is 0 Å². The standard InChI is InChI=1S/C6H9NO3S/c1-2-11(8,9)5-3-4-10-6(5)7/h3-4H,2,7H2,1H3. The van der Waals surface area contributed by atoms with Crippen molar-refractivity contribution in [2.24, 2.45) is 0 Å². The number of hydrogen-bond donors (Lipinski definition) is 1. The van der Waals surface area contributed by atoms with E-state index in [1.165, 1.54) is 12.3 Å². The Morgan fingerprint density at radius 3 is 2.64 bits per heavy atom. The largest absolute Gasteiger partial charge is 0.448 e. The molecule has 1 rings (SSSR count). The van der Waals surface area contributed by atoms with Crippen LogP contribution < -0.4 is 5.73 Å². The summed E-state index contributed by atoms with van der Waals surface area (Å²) in [4.78, 5) is 0.0833. The first kappa shape index (κ1) is 8.13. The van der Waals surface area contributed by atoms with E-state index < -0.39 is 9.84 Å². The summed E-state index contributed by atoms with van der Waals surface area (Å²) >= 11 is 0. The number of rotatable bonds is 2. The molecule has 0 radical (unpaired) electrons. The third-order valence-corrected chi connectivity index (χ3v) is 3.14. The van der Waals surface area contributed by atoms with E-state index >= 15 is 0 Å². The van der Waals surface area contributed by atoms with Gasteiger partial charge in [0.25, 0.3) is 0 Å². The van der Waals surface area contributed by atoms with Crippen molar-refractivity contribution in [2.75, 3.05) is 11.5 Å². The first-order valence-electron chi connectivity index (χ1n) is 3.13. The van der Waals surface area contributed by atoms with Gasteiger partial charge in [-0.15, -0.1) is 0 Å². The fourth-order valence-electron chi connectivity index (χ4n) is 0.722. The maximum absolute atomic E-state index is 11.1. The Balaban J connectivity index is 3.22. The van der Waals surface area contributed by atoms with Crippen LogP contribution in [0.2, 0.25) is 0 Å². The first-order chi connectivity index (χ1) is 5.08. The minimum absolute atomic E-state index is 0.0353. The number of furan rings is 1. The van der Waals surface area contributed by atoms with Gasteiger partial charge in [-0.3, -0.25) is 0 Å². The first-order valence-corrected chi connectivity index (χ1v) is 4.79. The number of nitrogen functional groups attached to an aromatic ring is 1. The molecule has 0 atom stereocenters. The zero-order valence-corrected chi connectivity index (χ0v) is 6.89. The summed E-state index contributed by atoms with van der Waals surface area (Å²) < 4.78 is 26.9. The summed E-state index contributed by atoms with van der Waals surface area (Å²) in [5, 5.41) is 0. The van der Waals surface area contributed by atoms with Crippen LogP contribution in [0.4, 0.5) is 5.88 Å².